The minimum atomic E-state index is -3.43. The first-order valence-corrected chi connectivity index (χ1v) is 8.10. The van der Waals surface area contributed by atoms with Crippen LogP contribution in [0.25, 0.3) is 0 Å². The van der Waals surface area contributed by atoms with E-state index in [0.29, 0.717) is 5.69 Å². The van der Waals surface area contributed by atoms with Crippen molar-refractivity contribution in [1.29, 1.82) is 0 Å². The highest BCUT2D eigenvalue weighted by molar-refractivity contribution is 7.90. The zero-order chi connectivity index (χ0) is 14.9. The molecule has 0 fully saturated rings. The Morgan fingerprint density at radius 1 is 1.00 bits per heavy atom. The molecule has 0 heterocycles. The Bertz CT molecular complexity index is 729. The number of nitrogens with two attached hydrogens (primary N) is 1. The zero-order valence-corrected chi connectivity index (χ0v) is 12.8. The van der Waals surface area contributed by atoms with Gasteiger partial charge in [0, 0.05) is 0 Å². The third kappa shape index (κ3) is 3.02. The maximum absolute atomic E-state index is 12.5. The number of rotatable bonds is 3. The SMILES string of the molecule is Cc1cc(C)cc(CS(=O)(=O)c2cccc(C)c2N)c1. The standard InChI is InChI=1S/C16H19NO2S/c1-11-7-12(2)9-14(8-11)10-20(18,19)15-6-4-5-13(3)16(15)17/h4-9H,10,17H2,1-3H3. The number of sulfone groups is 1. The molecule has 0 saturated heterocycles. The first-order valence-electron chi connectivity index (χ1n) is 6.44. The van der Waals surface area contributed by atoms with E-state index in [1.165, 1.54) is 0 Å². The van der Waals surface area contributed by atoms with Gasteiger partial charge in [-0.25, -0.2) is 8.42 Å². The third-order valence-corrected chi connectivity index (χ3v) is 5.00. The van der Waals surface area contributed by atoms with Crippen LogP contribution in [0.1, 0.15) is 22.3 Å². The Labute approximate surface area is 120 Å². The number of para-hydroxylation sites is 1. The number of hydrogen-bond donors (Lipinski definition) is 1. The van der Waals surface area contributed by atoms with Gasteiger partial charge in [-0.05, 0) is 38.0 Å². The molecule has 4 heteroatoms. The van der Waals surface area contributed by atoms with Crippen LogP contribution in [0.3, 0.4) is 0 Å². The summed E-state index contributed by atoms with van der Waals surface area (Å²) in [6.45, 7) is 5.74. The molecule has 2 aromatic carbocycles. The van der Waals surface area contributed by atoms with E-state index in [1.807, 2.05) is 45.0 Å². The molecule has 0 saturated carbocycles. The average Bonchev–Trinajstić information content (AvgIpc) is 2.30. The normalized spacial score (nSPS) is 11.6. The van der Waals surface area contributed by atoms with E-state index >= 15 is 0 Å². The number of nitrogen functional groups attached to an aromatic ring is 1. The lowest BCUT2D eigenvalue weighted by atomic mass is 10.1. The molecule has 2 rings (SSSR count). The van der Waals surface area contributed by atoms with Crippen molar-refractivity contribution < 1.29 is 8.42 Å². The van der Waals surface area contributed by atoms with Crippen molar-refractivity contribution >= 4 is 15.5 Å². The summed E-state index contributed by atoms with van der Waals surface area (Å²) in [5, 5.41) is 0. The molecule has 2 N–H and O–H groups in total. The van der Waals surface area contributed by atoms with E-state index in [1.54, 1.807) is 12.1 Å². The van der Waals surface area contributed by atoms with Crippen LogP contribution in [-0.2, 0) is 15.6 Å². The first-order chi connectivity index (χ1) is 9.29. The van der Waals surface area contributed by atoms with Crippen LogP contribution >= 0.6 is 0 Å². The average molecular weight is 289 g/mol. The second-order valence-electron chi connectivity index (χ2n) is 5.24. The number of benzene rings is 2. The highest BCUT2D eigenvalue weighted by atomic mass is 32.2. The fourth-order valence-electron chi connectivity index (χ4n) is 2.37. The molecule has 3 nitrogen and oxygen atoms in total. The van der Waals surface area contributed by atoms with Crippen molar-refractivity contribution in [2.75, 3.05) is 5.73 Å². The molecular formula is C16H19NO2S. The summed E-state index contributed by atoms with van der Waals surface area (Å²) < 4.78 is 25.0. The van der Waals surface area contributed by atoms with Crippen molar-refractivity contribution in [1.82, 2.24) is 0 Å². The van der Waals surface area contributed by atoms with Crippen molar-refractivity contribution in [2.24, 2.45) is 0 Å². The van der Waals surface area contributed by atoms with Gasteiger partial charge < -0.3 is 5.73 Å². The molecule has 0 amide bonds. The Hall–Kier alpha value is -1.81. The van der Waals surface area contributed by atoms with Crippen LogP contribution in [0, 0.1) is 20.8 Å². The minimum Gasteiger partial charge on any atom is -0.397 e. The molecule has 0 atom stereocenters. The topological polar surface area (TPSA) is 60.2 Å². The van der Waals surface area contributed by atoms with Gasteiger partial charge >= 0.3 is 0 Å². The molecule has 0 aliphatic carbocycles. The summed E-state index contributed by atoms with van der Waals surface area (Å²) in [6, 6.07) is 10.9. The molecule has 0 bridgehead atoms. The highest BCUT2D eigenvalue weighted by Gasteiger charge is 2.19. The second kappa shape index (κ2) is 5.29. The van der Waals surface area contributed by atoms with Gasteiger partial charge in [-0.15, -0.1) is 0 Å². The highest BCUT2D eigenvalue weighted by Crippen LogP contribution is 2.25. The number of anilines is 1. The molecule has 0 unspecified atom stereocenters. The zero-order valence-electron chi connectivity index (χ0n) is 12.0. The lowest BCUT2D eigenvalue weighted by Gasteiger charge is -2.10. The van der Waals surface area contributed by atoms with Crippen molar-refractivity contribution in [2.45, 2.75) is 31.4 Å². The lowest BCUT2D eigenvalue weighted by molar-refractivity contribution is 0.595. The van der Waals surface area contributed by atoms with Crippen molar-refractivity contribution in [3.05, 3.63) is 58.7 Å². The fraction of sp³-hybridized carbons (Fsp3) is 0.250. The summed E-state index contributed by atoms with van der Waals surface area (Å²) in [6.07, 6.45) is 0. The summed E-state index contributed by atoms with van der Waals surface area (Å²) >= 11 is 0. The van der Waals surface area contributed by atoms with Gasteiger partial charge in [0.25, 0.3) is 0 Å². The molecule has 0 aliphatic rings. The van der Waals surface area contributed by atoms with Crippen LogP contribution in [0.4, 0.5) is 5.69 Å². The smallest absolute Gasteiger partial charge is 0.184 e. The largest absolute Gasteiger partial charge is 0.397 e. The van der Waals surface area contributed by atoms with E-state index in [-0.39, 0.29) is 10.6 Å². The van der Waals surface area contributed by atoms with Crippen molar-refractivity contribution in [3.63, 3.8) is 0 Å². The lowest BCUT2D eigenvalue weighted by Crippen LogP contribution is -2.09. The summed E-state index contributed by atoms with van der Waals surface area (Å²) in [5.41, 5.74) is 9.95. The summed E-state index contributed by atoms with van der Waals surface area (Å²) in [4.78, 5) is 0.219. The maximum Gasteiger partial charge on any atom is 0.184 e. The summed E-state index contributed by atoms with van der Waals surface area (Å²) in [5.74, 6) is -0.0246. The van der Waals surface area contributed by atoms with Crippen LogP contribution < -0.4 is 5.73 Å². The fourth-order valence-corrected chi connectivity index (χ4v) is 3.92. The van der Waals surface area contributed by atoms with Crippen molar-refractivity contribution in [3.8, 4) is 0 Å². The molecule has 2 aromatic rings. The number of hydrogen-bond acceptors (Lipinski definition) is 3. The van der Waals surface area contributed by atoms with E-state index in [9.17, 15) is 8.42 Å². The predicted molar refractivity (Wildman–Crippen MR) is 82.4 cm³/mol. The Kier molecular flexibility index (Phi) is 3.86. The first kappa shape index (κ1) is 14.6. The molecule has 0 aliphatic heterocycles. The van der Waals surface area contributed by atoms with Crippen LogP contribution in [0.2, 0.25) is 0 Å². The van der Waals surface area contributed by atoms with E-state index in [2.05, 4.69) is 0 Å². The van der Waals surface area contributed by atoms with Gasteiger partial charge in [0.2, 0.25) is 0 Å². The minimum absolute atomic E-state index is 0.0246. The molecule has 106 valence electrons. The van der Waals surface area contributed by atoms with E-state index in [4.69, 9.17) is 5.73 Å². The Balaban J connectivity index is 2.43. The van der Waals surface area contributed by atoms with E-state index < -0.39 is 9.84 Å². The van der Waals surface area contributed by atoms with Gasteiger partial charge in [0.15, 0.2) is 9.84 Å². The van der Waals surface area contributed by atoms with Gasteiger partial charge in [-0.3, -0.25) is 0 Å². The van der Waals surface area contributed by atoms with E-state index in [0.717, 1.165) is 22.3 Å². The quantitative estimate of drug-likeness (QED) is 0.883. The monoisotopic (exact) mass is 289 g/mol. The Morgan fingerprint density at radius 2 is 1.60 bits per heavy atom. The van der Waals surface area contributed by atoms with Crippen LogP contribution in [0.15, 0.2) is 41.3 Å². The van der Waals surface area contributed by atoms with Gasteiger partial charge in [-0.2, -0.15) is 0 Å². The molecule has 0 aromatic heterocycles. The van der Waals surface area contributed by atoms with Crippen LogP contribution in [0.5, 0.6) is 0 Å². The van der Waals surface area contributed by atoms with Crippen LogP contribution in [-0.4, -0.2) is 8.42 Å². The molecule has 0 spiro atoms. The second-order valence-corrected chi connectivity index (χ2v) is 7.20. The Morgan fingerprint density at radius 3 is 2.20 bits per heavy atom. The molecular weight excluding hydrogens is 270 g/mol. The van der Waals surface area contributed by atoms with Gasteiger partial charge in [0.1, 0.15) is 0 Å². The predicted octanol–water partition coefficient (Wildman–Crippen LogP) is 3.17. The number of aryl methyl sites for hydroxylation is 3. The molecule has 20 heavy (non-hydrogen) atoms. The van der Waals surface area contributed by atoms with Gasteiger partial charge in [0.05, 0.1) is 16.3 Å². The third-order valence-electron chi connectivity index (χ3n) is 3.26. The summed E-state index contributed by atoms with van der Waals surface area (Å²) in [7, 11) is -3.43. The van der Waals surface area contributed by atoms with Gasteiger partial charge in [-0.1, -0.05) is 41.5 Å². The maximum atomic E-state index is 12.5. The molecule has 0 radical (unpaired) electrons.